The van der Waals surface area contributed by atoms with Crippen molar-refractivity contribution < 1.29 is 13.9 Å². The number of ether oxygens (including phenoxy) is 1. The Bertz CT molecular complexity index is 1290. The smallest absolute Gasteiger partial charge is 0.277 e. The lowest BCUT2D eigenvalue weighted by Crippen LogP contribution is -2.28. The normalized spacial score (nSPS) is 10.7. The van der Waals surface area contributed by atoms with Gasteiger partial charge in [-0.1, -0.05) is 18.2 Å². The molecule has 4 aromatic rings. The van der Waals surface area contributed by atoms with Crippen LogP contribution in [0.15, 0.2) is 71.5 Å². The highest BCUT2D eigenvalue weighted by atomic mass is 32.1. The Hall–Kier alpha value is -3.85. The molecular weight excluding hydrogens is 431 g/mol. The summed E-state index contributed by atoms with van der Waals surface area (Å²) in [4.78, 5) is 30.1. The Kier molecular flexibility index (Phi) is 6.37. The molecule has 7 nitrogen and oxygen atoms in total. The van der Waals surface area contributed by atoms with Gasteiger partial charge < -0.3 is 4.74 Å². The van der Waals surface area contributed by atoms with Crippen molar-refractivity contribution in [2.24, 2.45) is 0 Å². The molecule has 0 aliphatic carbocycles. The topological polar surface area (TPSA) is 86.1 Å². The van der Waals surface area contributed by atoms with Crippen LogP contribution in [0, 0.1) is 12.7 Å². The second-order valence-electron chi connectivity index (χ2n) is 6.83. The highest BCUT2D eigenvalue weighted by molar-refractivity contribution is 7.16. The predicted molar refractivity (Wildman–Crippen MR) is 121 cm³/mol. The molecule has 4 rings (SSSR count). The number of aryl methyl sites for hydroxylation is 1. The fraction of sp³-hybridized carbons (Fsp3) is 0.130. The lowest BCUT2D eigenvalue weighted by Gasteiger charge is -2.08. The SMILES string of the molecule is Cc1sc(NC(=O)c2ccc(=O)n(CCOc3ccccc3)n2)nc1-c1ccc(F)cc1. The number of aromatic nitrogens is 3. The first-order chi connectivity index (χ1) is 15.5. The van der Waals surface area contributed by atoms with Crippen LogP contribution < -0.4 is 15.6 Å². The predicted octanol–water partition coefficient (Wildman–Crippen LogP) is 4.15. The van der Waals surface area contributed by atoms with E-state index in [9.17, 15) is 14.0 Å². The van der Waals surface area contributed by atoms with Gasteiger partial charge in [0.05, 0.1) is 12.2 Å². The second-order valence-corrected chi connectivity index (χ2v) is 8.03. The first-order valence-corrected chi connectivity index (χ1v) is 10.6. The van der Waals surface area contributed by atoms with E-state index in [4.69, 9.17) is 4.74 Å². The summed E-state index contributed by atoms with van der Waals surface area (Å²) in [5, 5.41) is 7.25. The number of carbonyl (C=O) groups excluding carboxylic acids is 1. The lowest BCUT2D eigenvalue weighted by molar-refractivity contribution is 0.101. The van der Waals surface area contributed by atoms with Crippen molar-refractivity contribution in [3.8, 4) is 17.0 Å². The molecule has 1 N–H and O–H groups in total. The molecule has 2 aromatic heterocycles. The number of thiazole rings is 1. The van der Waals surface area contributed by atoms with E-state index in [1.54, 1.807) is 12.1 Å². The van der Waals surface area contributed by atoms with Gasteiger partial charge in [-0.05, 0) is 49.4 Å². The monoisotopic (exact) mass is 450 g/mol. The third kappa shape index (κ3) is 5.06. The van der Waals surface area contributed by atoms with Gasteiger partial charge in [-0.15, -0.1) is 11.3 Å². The van der Waals surface area contributed by atoms with E-state index in [-0.39, 0.29) is 30.2 Å². The maximum Gasteiger partial charge on any atom is 0.277 e. The minimum Gasteiger partial charge on any atom is -0.492 e. The van der Waals surface area contributed by atoms with Crippen LogP contribution in [0.3, 0.4) is 0 Å². The van der Waals surface area contributed by atoms with E-state index in [1.165, 1.54) is 40.3 Å². The Morgan fingerprint density at radius 3 is 2.59 bits per heavy atom. The Balaban J connectivity index is 1.44. The minimum atomic E-state index is -0.484. The van der Waals surface area contributed by atoms with E-state index < -0.39 is 5.91 Å². The van der Waals surface area contributed by atoms with Gasteiger partial charge in [-0.2, -0.15) is 5.10 Å². The van der Waals surface area contributed by atoms with Crippen molar-refractivity contribution in [2.45, 2.75) is 13.5 Å². The zero-order chi connectivity index (χ0) is 22.5. The summed E-state index contributed by atoms with van der Waals surface area (Å²) in [6.45, 7) is 2.30. The van der Waals surface area contributed by atoms with Crippen molar-refractivity contribution in [3.63, 3.8) is 0 Å². The number of nitrogens with zero attached hydrogens (tertiary/aromatic N) is 3. The molecule has 0 spiro atoms. The molecule has 0 saturated carbocycles. The van der Waals surface area contributed by atoms with E-state index in [2.05, 4.69) is 15.4 Å². The van der Waals surface area contributed by atoms with Crippen molar-refractivity contribution in [3.05, 3.63) is 93.5 Å². The molecular formula is C23H19FN4O3S. The van der Waals surface area contributed by atoms with Gasteiger partial charge >= 0.3 is 0 Å². The van der Waals surface area contributed by atoms with E-state index in [0.717, 1.165) is 10.4 Å². The molecule has 0 radical (unpaired) electrons. The highest BCUT2D eigenvalue weighted by Crippen LogP contribution is 2.30. The number of hydrogen-bond acceptors (Lipinski definition) is 6. The fourth-order valence-corrected chi connectivity index (χ4v) is 3.81. The number of benzene rings is 2. The quantitative estimate of drug-likeness (QED) is 0.457. The third-order valence-corrected chi connectivity index (χ3v) is 5.44. The maximum absolute atomic E-state index is 13.2. The minimum absolute atomic E-state index is 0.0838. The zero-order valence-corrected chi connectivity index (χ0v) is 17.9. The van der Waals surface area contributed by atoms with Gasteiger partial charge in [0.1, 0.15) is 23.9 Å². The summed E-state index contributed by atoms with van der Waals surface area (Å²) >= 11 is 1.30. The molecule has 0 aliphatic heterocycles. The lowest BCUT2D eigenvalue weighted by atomic mass is 10.1. The van der Waals surface area contributed by atoms with Crippen molar-refractivity contribution in [1.82, 2.24) is 14.8 Å². The van der Waals surface area contributed by atoms with E-state index in [1.807, 2.05) is 37.3 Å². The number of hydrogen-bond donors (Lipinski definition) is 1. The summed E-state index contributed by atoms with van der Waals surface area (Å²) in [5.74, 6) is -0.127. The number of anilines is 1. The number of halogens is 1. The summed E-state index contributed by atoms with van der Waals surface area (Å²) in [6.07, 6.45) is 0. The number of nitrogens with one attached hydrogen (secondary N) is 1. The van der Waals surface area contributed by atoms with Crippen molar-refractivity contribution in [2.75, 3.05) is 11.9 Å². The van der Waals surface area contributed by atoms with Crippen LogP contribution in [-0.2, 0) is 6.54 Å². The molecule has 32 heavy (non-hydrogen) atoms. The molecule has 1 amide bonds. The Labute approximate surface area is 187 Å². The van der Waals surface area contributed by atoms with Crippen LogP contribution >= 0.6 is 11.3 Å². The van der Waals surface area contributed by atoms with Gasteiger partial charge in [0.25, 0.3) is 11.5 Å². The number of rotatable bonds is 7. The second kappa shape index (κ2) is 9.52. The van der Waals surface area contributed by atoms with E-state index >= 15 is 0 Å². The van der Waals surface area contributed by atoms with Crippen LogP contribution in [-0.4, -0.2) is 27.3 Å². The van der Waals surface area contributed by atoms with Crippen LogP contribution in [0.1, 0.15) is 15.4 Å². The average molecular weight is 450 g/mol. The van der Waals surface area contributed by atoms with Crippen LogP contribution in [0.5, 0.6) is 5.75 Å². The van der Waals surface area contributed by atoms with Gasteiger partial charge in [-0.25, -0.2) is 14.1 Å². The summed E-state index contributed by atoms with van der Waals surface area (Å²) in [5.41, 5.74) is 1.18. The molecule has 0 fully saturated rings. The molecule has 0 atom stereocenters. The summed E-state index contributed by atoms with van der Waals surface area (Å²) in [7, 11) is 0. The fourth-order valence-electron chi connectivity index (χ4n) is 2.98. The molecule has 0 bridgehead atoms. The maximum atomic E-state index is 13.2. The van der Waals surface area contributed by atoms with Gasteiger partial charge in [-0.3, -0.25) is 14.9 Å². The first kappa shape index (κ1) is 21.4. The molecule has 9 heteroatoms. The van der Waals surface area contributed by atoms with E-state index in [0.29, 0.717) is 16.6 Å². The number of amides is 1. The summed E-state index contributed by atoms with van der Waals surface area (Å²) < 4.78 is 20.0. The zero-order valence-electron chi connectivity index (χ0n) is 17.1. The average Bonchev–Trinajstić information content (AvgIpc) is 3.16. The Morgan fingerprint density at radius 1 is 1.09 bits per heavy atom. The van der Waals surface area contributed by atoms with Crippen molar-refractivity contribution in [1.29, 1.82) is 0 Å². The highest BCUT2D eigenvalue weighted by Gasteiger charge is 2.15. The number of carbonyl (C=O) groups is 1. The van der Waals surface area contributed by atoms with Crippen LogP contribution in [0.4, 0.5) is 9.52 Å². The summed E-state index contributed by atoms with van der Waals surface area (Å²) in [6, 6.07) is 17.9. The Morgan fingerprint density at radius 2 is 1.84 bits per heavy atom. The molecule has 0 unspecified atom stereocenters. The van der Waals surface area contributed by atoms with Gasteiger partial charge in [0, 0.05) is 16.5 Å². The van der Waals surface area contributed by atoms with Gasteiger partial charge in [0.2, 0.25) is 0 Å². The molecule has 2 aromatic carbocycles. The van der Waals surface area contributed by atoms with Crippen molar-refractivity contribution >= 4 is 22.4 Å². The van der Waals surface area contributed by atoms with Crippen LogP contribution in [0.25, 0.3) is 11.3 Å². The molecule has 0 saturated heterocycles. The molecule has 0 aliphatic rings. The van der Waals surface area contributed by atoms with Gasteiger partial charge in [0.15, 0.2) is 5.13 Å². The standard InChI is InChI=1S/C23H19FN4O3S/c1-15-21(16-7-9-17(24)10-8-16)25-23(32-15)26-22(30)19-11-12-20(29)28(27-19)13-14-31-18-5-3-2-4-6-18/h2-12H,13-14H2,1H3,(H,25,26,30). The first-order valence-electron chi connectivity index (χ1n) is 9.80. The number of para-hydroxylation sites is 1. The van der Waals surface area contributed by atoms with Crippen LogP contribution in [0.2, 0.25) is 0 Å². The largest absolute Gasteiger partial charge is 0.492 e. The third-order valence-electron chi connectivity index (χ3n) is 4.55. The molecule has 162 valence electrons. The molecule has 2 heterocycles.